The number of allylic oxidation sites excluding steroid dienone is 1. The highest BCUT2D eigenvalue weighted by Gasteiger charge is 2.26. The average Bonchev–Trinajstić information content (AvgIpc) is 2.08. The number of amides is 1. The normalized spacial score (nSPS) is 27.3. The first-order chi connectivity index (χ1) is 6.50. The van der Waals surface area contributed by atoms with Crippen LogP contribution >= 0.6 is 0 Å². The molecule has 80 valence electrons. The third-order valence-electron chi connectivity index (χ3n) is 2.64. The van der Waals surface area contributed by atoms with Gasteiger partial charge in [-0.2, -0.15) is 0 Å². The summed E-state index contributed by atoms with van der Waals surface area (Å²) in [4.78, 5) is 13.3. The Hall–Kier alpha value is -0.830. The first kappa shape index (κ1) is 11.2. The second-order valence-electron chi connectivity index (χ2n) is 4.34. The molecule has 0 aromatic heterocycles. The highest BCUT2D eigenvalue weighted by molar-refractivity contribution is 5.88. The van der Waals surface area contributed by atoms with Crippen LogP contribution in [0.15, 0.2) is 11.6 Å². The van der Waals surface area contributed by atoms with E-state index >= 15 is 0 Å². The van der Waals surface area contributed by atoms with Gasteiger partial charge in [-0.05, 0) is 26.2 Å². The summed E-state index contributed by atoms with van der Waals surface area (Å²) in [5.41, 5.74) is 1.00. The molecule has 3 nitrogen and oxygen atoms in total. The van der Waals surface area contributed by atoms with Gasteiger partial charge in [0, 0.05) is 19.2 Å². The van der Waals surface area contributed by atoms with Crippen LogP contribution in [0.3, 0.4) is 0 Å². The van der Waals surface area contributed by atoms with E-state index in [-0.39, 0.29) is 12.0 Å². The zero-order valence-electron chi connectivity index (χ0n) is 9.16. The molecular weight excluding hydrogens is 178 g/mol. The second-order valence-corrected chi connectivity index (χ2v) is 4.34. The lowest BCUT2D eigenvalue weighted by Crippen LogP contribution is -2.45. The van der Waals surface area contributed by atoms with Gasteiger partial charge in [0.2, 0.25) is 5.91 Å². The maximum atomic E-state index is 11.6. The van der Waals surface area contributed by atoms with Gasteiger partial charge < -0.3 is 10.0 Å². The van der Waals surface area contributed by atoms with E-state index in [1.54, 1.807) is 11.0 Å². The summed E-state index contributed by atoms with van der Waals surface area (Å²) < 4.78 is 0. The lowest BCUT2D eigenvalue weighted by atomic mass is 9.96. The molecule has 0 spiro atoms. The molecule has 0 aliphatic carbocycles. The van der Waals surface area contributed by atoms with E-state index in [1.165, 1.54) is 0 Å². The largest absolute Gasteiger partial charge is 0.391 e. The van der Waals surface area contributed by atoms with Gasteiger partial charge in [0.1, 0.15) is 0 Å². The number of aliphatic hydroxyl groups excluding tert-OH is 1. The maximum absolute atomic E-state index is 11.6. The molecule has 1 aliphatic heterocycles. The molecule has 1 fully saturated rings. The number of nitrogens with zero attached hydrogens (tertiary/aromatic N) is 1. The molecule has 3 heteroatoms. The minimum Gasteiger partial charge on any atom is -0.391 e. The van der Waals surface area contributed by atoms with E-state index in [2.05, 4.69) is 0 Å². The van der Waals surface area contributed by atoms with Crippen molar-refractivity contribution in [2.75, 3.05) is 13.1 Å². The highest BCUT2D eigenvalue weighted by atomic mass is 16.3. The van der Waals surface area contributed by atoms with Crippen LogP contribution in [0.2, 0.25) is 0 Å². The van der Waals surface area contributed by atoms with Crippen molar-refractivity contribution in [1.29, 1.82) is 0 Å². The van der Waals surface area contributed by atoms with Crippen LogP contribution in [0.5, 0.6) is 0 Å². The van der Waals surface area contributed by atoms with Crippen LogP contribution in [0.1, 0.15) is 27.2 Å². The Labute approximate surface area is 85.4 Å². The SMILES string of the molecule is CC(C)=CC(=O)N1CCC(C)C(O)C1. The Bertz CT molecular complexity index is 244. The summed E-state index contributed by atoms with van der Waals surface area (Å²) in [6.07, 6.45) is 2.16. The smallest absolute Gasteiger partial charge is 0.246 e. The topological polar surface area (TPSA) is 40.5 Å². The molecule has 1 aliphatic rings. The number of likely N-dealkylation sites (tertiary alicyclic amines) is 1. The van der Waals surface area contributed by atoms with Crippen molar-refractivity contribution < 1.29 is 9.90 Å². The van der Waals surface area contributed by atoms with Crippen molar-refractivity contribution in [3.63, 3.8) is 0 Å². The first-order valence-electron chi connectivity index (χ1n) is 5.12. The number of aliphatic hydroxyl groups is 1. The lowest BCUT2D eigenvalue weighted by molar-refractivity contribution is -0.130. The number of carbonyl (C=O) groups excluding carboxylic acids is 1. The van der Waals surface area contributed by atoms with Crippen molar-refractivity contribution in [3.8, 4) is 0 Å². The maximum Gasteiger partial charge on any atom is 0.246 e. The van der Waals surface area contributed by atoms with Crippen LogP contribution in [0, 0.1) is 5.92 Å². The van der Waals surface area contributed by atoms with Crippen molar-refractivity contribution in [2.45, 2.75) is 33.3 Å². The molecule has 1 rings (SSSR count). The van der Waals surface area contributed by atoms with Gasteiger partial charge in [-0.3, -0.25) is 4.79 Å². The van der Waals surface area contributed by atoms with Crippen LogP contribution in [0.4, 0.5) is 0 Å². The Kier molecular flexibility index (Phi) is 3.69. The molecule has 2 unspecified atom stereocenters. The Balaban J connectivity index is 2.55. The fourth-order valence-electron chi connectivity index (χ4n) is 1.59. The fraction of sp³-hybridized carbons (Fsp3) is 0.727. The van der Waals surface area contributed by atoms with E-state index in [9.17, 15) is 9.90 Å². The fourth-order valence-corrected chi connectivity index (χ4v) is 1.59. The van der Waals surface area contributed by atoms with Gasteiger partial charge in [-0.15, -0.1) is 0 Å². The van der Waals surface area contributed by atoms with E-state index in [0.29, 0.717) is 12.5 Å². The molecule has 0 saturated carbocycles. The lowest BCUT2D eigenvalue weighted by Gasteiger charge is -2.33. The van der Waals surface area contributed by atoms with E-state index in [0.717, 1.165) is 18.5 Å². The first-order valence-corrected chi connectivity index (χ1v) is 5.12. The zero-order chi connectivity index (χ0) is 10.7. The van der Waals surface area contributed by atoms with Crippen molar-refractivity contribution in [3.05, 3.63) is 11.6 Å². The molecule has 0 radical (unpaired) electrons. The average molecular weight is 197 g/mol. The van der Waals surface area contributed by atoms with Gasteiger partial charge >= 0.3 is 0 Å². The predicted octanol–water partition coefficient (Wildman–Crippen LogP) is 1.18. The number of hydrogen-bond donors (Lipinski definition) is 1. The van der Waals surface area contributed by atoms with Crippen molar-refractivity contribution >= 4 is 5.91 Å². The van der Waals surface area contributed by atoms with Gasteiger partial charge in [-0.1, -0.05) is 12.5 Å². The van der Waals surface area contributed by atoms with Gasteiger partial charge in [0.15, 0.2) is 0 Å². The number of carbonyl (C=O) groups is 1. The highest BCUT2D eigenvalue weighted by Crippen LogP contribution is 2.17. The van der Waals surface area contributed by atoms with E-state index in [4.69, 9.17) is 0 Å². The molecule has 0 aromatic carbocycles. The van der Waals surface area contributed by atoms with Crippen LogP contribution in [0.25, 0.3) is 0 Å². The van der Waals surface area contributed by atoms with Gasteiger partial charge in [0.25, 0.3) is 0 Å². The molecule has 2 atom stereocenters. The van der Waals surface area contributed by atoms with E-state index in [1.807, 2.05) is 20.8 Å². The summed E-state index contributed by atoms with van der Waals surface area (Å²) in [7, 11) is 0. The molecule has 1 heterocycles. The Morgan fingerprint density at radius 1 is 1.50 bits per heavy atom. The monoisotopic (exact) mass is 197 g/mol. The molecule has 1 saturated heterocycles. The Morgan fingerprint density at radius 2 is 2.14 bits per heavy atom. The Morgan fingerprint density at radius 3 is 2.64 bits per heavy atom. The van der Waals surface area contributed by atoms with E-state index < -0.39 is 0 Å². The minimum absolute atomic E-state index is 0.0240. The molecule has 0 aromatic rings. The standard InChI is InChI=1S/C11H19NO2/c1-8(2)6-11(14)12-5-4-9(3)10(13)7-12/h6,9-10,13H,4-5,7H2,1-3H3. The number of β-amino-alcohol motifs (C(OH)–C–C–N with tert-alkyl or cyclic N) is 1. The summed E-state index contributed by atoms with van der Waals surface area (Å²) >= 11 is 0. The number of rotatable bonds is 1. The molecular formula is C11H19NO2. The zero-order valence-corrected chi connectivity index (χ0v) is 9.16. The summed E-state index contributed by atoms with van der Waals surface area (Å²) in [6, 6.07) is 0. The second kappa shape index (κ2) is 4.60. The molecule has 1 N–H and O–H groups in total. The number of piperidine rings is 1. The third kappa shape index (κ3) is 2.84. The molecule has 14 heavy (non-hydrogen) atoms. The quantitative estimate of drug-likeness (QED) is 0.641. The van der Waals surface area contributed by atoms with Crippen LogP contribution < -0.4 is 0 Å². The van der Waals surface area contributed by atoms with Gasteiger partial charge in [0.05, 0.1) is 6.10 Å². The molecule has 1 amide bonds. The van der Waals surface area contributed by atoms with Gasteiger partial charge in [-0.25, -0.2) is 0 Å². The summed E-state index contributed by atoms with van der Waals surface area (Å²) in [6.45, 7) is 7.07. The van der Waals surface area contributed by atoms with Crippen molar-refractivity contribution in [2.24, 2.45) is 5.92 Å². The molecule has 0 bridgehead atoms. The minimum atomic E-state index is -0.363. The number of hydrogen-bond acceptors (Lipinski definition) is 2. The van der Waals surface area contributed by atoms with Crippen LogP contribution in [-0.2, 0) is 4.79 Å². The predicted molar refractivity (Wildman–Crippen MR) is 55.8 cm³/mol. The summed E-state index contributed by atoms with van der Waals surface area (Å²) in [5, 5.41) is 9.62. The third-order valence-corrected chi connectivity index (χ3v) is 2.64. The van der Waals surface area contributed by atoms with Crippen molar-refractivity contribution in [1.82, 2.24) is 4.90 Å². The summed E-state index contributed by atoms with van der Waals surface area (Å²) in [5.74, 6) is 0.335. The van der Waals surface area contributed by atoms with Crippen LogP contribution in [-0.4, -0.2) is 35.1 Å².